The number of hydrogen-bond donors (Lipinski definition) is 2. The number of fused-ring (bicyclic) bond motifs is 1. The van der Waals surface area contributed by atoms with Gasteiger partial charge in [-0.25, -0.2) is 0 Å². The van der Waals surface area contributed by atoms with Crippen molar-refractivity contribution in [3.05, 3.63) is 0 Å². The molecule has 5 heteroatoms. The summed E-state index contributed by atoms with van der Waals surface area (Å²) in [6, 6.07) is 0. The maximum Gasteiger partial charge on any atom is 0.248 e. The van der Waals surface area contributed by atoms with Gasteiger partial charge in [0.05, 0.1) is 11.7 Å². The molecule has 0 aromatic carbocycles. The van der Waals surface area contributed by atoms with E-state index in [0.29, 0.717) is 18.4 Å². The first-order valence-electron chi connectivity index (χ1n) is 6.88. The second-order valence-corrected chi connectivity index (χ2v) is 6.21. The van der Waals surface area contributed by atoms with Gasteiger partial charge in [-0.1, -0.05) is 0 Å². The number of amides is 1. The zero-order valence-corrected chi connectivity index (χ0v) is 10.9. The van der Waals surface area contributed by atoms with Gasteiger partial charge in [-0.05, 0) is 25.7 Å². The molecule has 3 atom stereocenters. The van der Waals surface area contributed by atoms with E-state index in [4.69, 9.17) is 4.74 Å². The first-order valence-corrected chi connectivity index (χ1v) is 6.88. The van der Waals surface area contributed by atoms with E-state index < -0.39 is 0 Å². The van der Waals surface area contributed by atoms with Crippen LogP contribution in [0.15, 0.2) is 0 Å². The van der Waals surface area contributed by atoms with E-state index >= 15 is 0 Å². The molecule has 1 amide bonds. The highest BCUT2D eigenvalue weighted by molar-refractivity contribution is 5.77. The fraction of sp³-hybridized carbons (Fsp3) is 0.923. The van der Waals surface area contributed by atoms with E-state index in [-0.39, 0.29) is 24.2 Å². The number of rotatable bonds is 3. The third-order valence-electron chi connectivity index (χ3n) is 4.71. The summed E-state index contributed by atoms with van der Waals surface area (Å²) < 4.78 is 5.67. The van der Waals surface area contributed by atoms with Crippen LogP contribution in [0.4, 0.5) is 0 Å². The summed E-state index contributed by atoms with van der Waals surface area (Å²) in [4.78, 5) is 13.9. The lowest BCUT2D eigenvalue weighted by molar-refractivity contribution is -0.145. The highest BCUT2D eigenvalue weighted by Gasteiger charge is 2.43. The van der Waals surface area contributed by atoms with Crippen molar-refractivity contribution in [3.63, 3.8) is 0 Å². The molecule has 1 aliphatic carbocycles. The van der Waals surface area contributed by atoms with Crippen molar-refractivity contribution in [2.75, 3.05) is 32.8 Å². The highest BCUT2D eigenvalue weighted by atomic mass is 16.5. The Morgan fingerprint density at radius 3 is 2.83 bits per heavy atom. The van der Waals surface area contributed by atoms with Gasteiger partial charge in [-0.2, -0.15) is 0 Å². The van der Waals surface area contributed by atoms with Crippen molar-refractivity contribution in [1.82, 2.24) is 10.2 Å². The molecule has 0 radical (unpaired) electrons. The number of nitrogens with one attached hydrogen (secondary N) is 1. The van der Waals surface area contributed by atoms with Gasteiger partial charge in [0.1, 0.15) is 6.61 Å². The third kappa shape index (κ3) is 2.15. The van der Waals surface area contributed by atoms with Gasteiger partial charge in [0.2, 0.25) is 5.91 Å². The lowest BCUT2D eigenvalue weighted by Crippen LogP contribution is -2.59. The monoisotopic (exact) mass is 254 g/mol. The van der Waals surface area contributed by atoms with Gasteiger partial charge in [-0.15, -0.1) is 0 Å². The van der Waals surface area contributed by atoms with Crippen LogP contribution in [0.2, 0.25) is 0 Å². The summed E-state index contributed by atoms with van der Waals surface area (Å²) >= 11 is 0. The minimum absolute atomic E-state index is 0.0738. The van der Waals surface area contributed by atoms with Crippen molar-refractivity contribution in [2.24, 2.45) is 11.8 Å². The summed E-state index contributed by atoms with van der Waals surface area (Å²) in [7, 11) is 0. The van der Waals surface area contributed by atoms with Crippen molar-refractivity contribution in [2.45, 2.75) is 31.5 Å². The normalized spacial score (nSPS) is 37.4. The molecule has 2 N–H and O–H groups in total. The van der Waals surface area contributed by atoms with E-state index in [9.17, 15) is 9.90 Å². The maximum absolute atomic E-state index is 12.1. The summed E-state index contributed by atoms with van der Waals surface area (Å²) in [5.41, 5.74) is -0.162. The molecule has 0 spiro atoms. The van der Waals surface area contributed by atoms with Crippen LogP contribution in [-0.4, -0.2) is 60.4 Å². The van der Waals surface area contributed by atoms with E-state index in [2.05, 4.69) is 5.32 Å². The summed E-state index contributed by atoms with van der Waals surface area (Å²) in [5, 5.41) is 13.0. The average Bonchev–Trinajstić information content (AvgIpc) is 2.86. The number of aliphatic hydroxyl groups is 1. The van der Waals surface area contributed by atoms with Crippen LogP contribution in [0.25, 0.3) is 0 Å². The highest BCUT2D eigenvalue weighted by Crippen LogP contribution is 2.38. The Hall–Kier alpha value is -0.650. The number of nitrogens with zero attached hydrogens (tertiary/aromatic N) is 1. The molecular weight excluding hydrogens is 232 g/mol. The van der Waals surface area contributed by atoms with Crippen molar-refractivity contribution < 1.29 is 14.6 Å². The minimum atomic E-state index is -0.206. The number of hydrogen-bond acceptors (Lipinski definition) is 4. The molecule has 2 saturated heterocycles. The zero-order chi connectivity index (χ0) is 12.8. The SMILES string of the molecule is CC1(OCC(=O)N2CC3CCC(O)C3C2)CNC1. The molecule has 18 heavy (non-hydrogen) atoms. The van der Waals surface area contributed by atoms with Crippen LogP contribution in [-0.2, 0) is 9.53 Å². The largest absolute Gasteiger partial charge is 0.393 e. The van der Waals surface area contributed by atoms with Crippen molar-refractivity contribution >= 4 is 5.91 Å². The van der Waals surface area contributed by atoms with Crippen LogP contribution in [0.3, 0.4) is 0 Å². The molecule has 3 rings (SSSR count). The second-order valence-electron chi connectivity index (χ2n) is 6.21. The lowest BCUT2D eigenvalue weighted by atomic mass is 10.00. The van der Waals surface area contributed by atoms with Crippen LogP contribution in [0, 0.1) is 11.8 Å². The van der Waals surface area contributed by atoms with Gasteiger partial charge in [-0.3, -0.25) is 4.79 Å². The molecule has 102 valence electrons. The van der Waals surface area contributed by atoms with Crippen LogP contribution in [0.5, 0.6) is 0 Å². The fourth-order valence-corrected chi connectivity index (χ4v) is 3.35. The van der Waals surface area contributed by atoms with Gasteiger partial charge < -0.3 is 20.1 Å². The van der Waals surface area contributed by atoms with Crippen LogP contribution in [0.1, 0.15) is 19.8 Å². The molecule has 3 aliphatic rings. The third-order valence-corrected chi connectivity index (χ3v) is 4.71. The molecule has 1 saturated carbocycles. The Morgan fingerprint density at radius 2 is 2.22 bits per heavy atom. The second kappa shape index (κ2) is 4.47. The Bertz CT molecular complexity index is 343. The van der Waals surface area contributed by atoms with E-state index in [0.717, 1.165) is 32.5 Å². The fourth-order valence-electron chi connectivity index (χ4n) is 3.35. The Kier molecular flexibility index (Phi) is 3.08. The molecular formula is C13H22N2O3. The summed E-state index contributed by atoms with van der Waals surface area (Å²) in [6.07, 6.45) is 1.75. The Balaban J connectivity index is 1.49. The molecule has 0 aromatic rings. The lowest BCUT2D eigenvalue weighted by Gasteiger charge is -2.39. The minimum Gasteiger partial charge on any atom is -0.393 e. The van der Waals surface area contributed by atoms with E-state index in [1.165, 1.54) is 0 Å². The van der Waals surface area contributed by atoms with Crippen LogP contribution < -0.4 is 5.32 Å². The molecule has 0 aromatic heterocycles. The smallest absolute Gasteiger partial charge is 0.248 e. The predicted octanol–water partition coefficient (Wildman–Crippen LogP) is -0.406. The number of carbonyl (C=O) groups is 1. The number of carbonyl (C=O) groups excluding carboxylic acids is 1. The number of ether oxygens (including phenoxy) is 1. The maximum atomic E-state index is 12.1. The predicted molar refractivity (Wildman–Crippen MR) is 66.0 cm³/mol. The van der Waals surface area contributed by atoms with E-state index in [1.807, 2.05) is 11.8 Å². The Labute approximate surface area is 107 Å². The molecule has 2 aliphatic heterocycles. The first-order chi connectivity index (χ1) is 8.57. The summed E-state index contributed by atoms with van der Waals surface area (Å²) in [6.45, 7) is 5.36. The van der Waals surface area contributed by atoms with Gasteiger partial charge in [0, 0.05) is 32.1 Å². The number of aliphatic hydroxyl groups excluding tert-OH is 1. The molecule has 2 heterocycles. The van der Waals surface area contributed by atoms with E-state index in [1.54, 1.807) is 0 Å². The Morgan fingerprint density at radius 1 is 1.44 bits per heavy atom. The topological polar surface area (TPSA) is 61.8 Å². The first kappa shape index (κ1) is 12.4. The van der Waals surface area contributed by atoms with Crippen molar-refractivity contribution in [1.29, 1.82) is 0 Å². The molecule has 0 bridgehead atoms. The summed E-state index contributed by atoms with van der Waals surface area (Å²) in [5.74, 6) is 0.879. The standard InChI is InChI=1S/C13H22N2O3/c1-13(7-14-8-13)18-6-12(17)15-4-9-2-3-11(16)10(9)5-15/h9-11,14,16H,2-8H2,1H3. The van der Waals surface area contributed by atoms with Crippen LogP contribution >= 0.6 is 0 Å². The molecule has 5 nitrogen and oxygen atoms in total. The molecule has 3 fully saturated rings. The molecule has 3 unspecified atom stereocenters. The number of likely N-dealkylation sites (tertiary alicyclic amines) is 1. The van der Waals surface area contributed by atoms with Gasteiger partial charge in [0.15, 0.2) is 0 Å². The quantitative estimate of drug-likeness (QED) is 0.719. The van der Waals surface area contributed by atoms with Crippen molar-refractivity contribution in [3.8, 4) is 0 Å². The van der Waals surface area contributed by atoms with Gasteiger partial charge >= 0.3 is 0 Å². The zero-order valence-electron chi connectivity index (χ0n) is 10.9. The average molecular weight is 254 g/mol. The van der Waals surface area contributed by atoms with Gasteiger partial charge in [0.25, 0.3) is 0 Å².